The van der Waals surface area contributed by atoms with E-state index in [1.807, 2.05) is 11.4 Å². The van der Waals surface area contributed by atoms with E-state index in [4.69, 9.17) is 0 Å². The van der Waals surface area contributed by atoms with Crippen LogP contribution >= 0.6 is 11.3 Å². The van der Waals surface area contributed by atoms with Gasteiger partial charge in [-0.25, -0.2) is 4.98 Å². The molecule has 1 aliphatic carbocycles. The summed E-state index contributed by atoms with van der Waals surface area (Å²) in [6, 6.07) is 5.22. The molecule has 0 spiro atoms. The fourth-order valence-corrected chi connectivity index (χ4v) is 2.64. The Balaban J connectivity index is 1.56. The number of amides is 1. The van der Waals surface area contributed by atoms with E-state index in [9.17, 15) is 9.59 Å². The first-order valence-electron chi connectivity index (χ1n) is 6.62. The highest BCUT2D eigenvalue weighted by molar-refractivity contribution is 7.12. The summed E-state index contributed by atoms with van der Waals surface area (Å²) in [7, 11) is 0. The third-order valence-electron chi connectivity index (χ3n) is 3.28. The van der Waals surface area contributed by atoms with E-state index < -0.39 is 0 Å². The lowest BCUT2D eigenvalue weighted by molar-refractivity contribution is 0.0956. The number of hydrogen-bond donors (Lipinski definition) is 1. The molecule has 0 unspecified atom stereocenters. The van der Waals surface area contributed by atoms with Crippen LogP contribution in [0.4, 0.5) is 0 Å². The van der Waals surface area contributed by atoms with Crippen LogP contribution in [0.5, 0.6) is 0 Å². The van der Waals surface area contributed by atoms with E-state index in [1.165, 1.54) is 15.9 Å². The number of carbonyl (C=O) groups excluding carboxylic acids is 1. The summed E-state index contributed by atoms with van der Waals surface area (Å²) in [5.74, 6) is 0.381. The smallest absolute Gasteiger partial charge is 0.261 e. The molecule has 0 bridgehead atoms. The molecule has 1 amide bonds. The van der Waals surface area contributed by atoms with Gasteiger partial charge in [0.05, 0.1) is 16.9 Å². The van der Waals surface area contributed by atoms with Crippen molar-refractivity contribution in [3.05, 3.63) is 50.8 Å². The predicted molar refractivity (Wildman–Crippen MR) is 77.1 cm³/mol. The van der Waals surface area contributed by atoms with Gasteiger partial charge in [0.2, 0.25) is 0 Å². The quantitative estimate of drug-likeness (QED) is 0.909. The van der Waals surface area contributed by atoms with Gasteiger partial charge in [-0.05, 0) is 24.3 Å². The average molecular weight is 289 g/mol. The molecule has 0 aliphatic heterocycles. The Kier molecular flexibility index (Phi) is 3.64. The average Bonchev–Trinajstić information content (AvgIpc) is 3.15. The molecule has 6 heteroatoms. The number of nitrogens with zero attached hydrogens (tertiary/aromatic N) is 2. The number of nitrogens with one attached hydrogen (secondary N) is 1. The van der Waals surface area contributed by atoms with E-state index in [-0.39, 0.29) is 11.5 Å². The zero-order valence-corrected chi connectivity index (χ0v) is 11.7. The lowest BCUT2D eigenvalue weighted by Gasteiger charge is -2.07. The maximum absolute atomic E-state index is 11.9. The van der Waals surface area contributed by atoms with Gasteiger partial charge >= 0.3 is 0 Å². The fourth-order valence-electron chi connectivity index (χ4n) is 1.99. The molecule has 20 heavy (non-hydrogen) atoms. The minimum Gasteiger partial charge on any atom is -0.350 e. The molecule has 2 heterocycles. The molecule has 0 aromatic carbocycles. The van der Waals surface area contributed by atoms with E-state index >= 15 is 0 Å². The van der Waals surface area contributed by atoms with Crippen LogP contribution in [0, 0.1) is 0 Å². The molecule has 1 N–H and O–H groups in total. The highest BCUT2D eigenvalue weighted by atomic mass is 32.1. The van der Waals surface area contributed by atoms with E-state index in [0.29, 0.717) is 23.9 Å². The van der Waals surface area contributed by atoms with Crippen molar-refractivity contribution in [1.82, 2.24) is 14.9 Å². The fraction of sp³-hybridized carbons (Fsp3) is 0.357. The van der Waals surface area contributed by atoms with E-state index in [1.54, 1.807) is 18.5 Å². The second-order valence-corrected chi connectivity index (χ2v) is 5.80. The largest absolute Gasteiger partial charge is 0.350 e. The molecule has 0 radical (unpaired) electrons. The van der Waals surface area contributed by atoms with Crippen molar-refractivity contribution >= 4 is 17.2 Å². The molecule has 3 rings (SSSR count). The van der Waals surface area contributed by atoms with Gasteiger partial charge in [0, 0.05) is 25.1 Å². The van der Waals surface area contributed by atoms with Gasteiger partial charge in [-0.15, -0.1) is 11.3 Å². The van der Waals surface area contributed by atoms with Crippen molar-refractivity contribution in [2.24, 2.45) is 0 Å². The Labute approximate surface area is 120 Å². The number of thiophene rings is 1. The Morgan fingerprint density at radius 1 is 1.50 bits per heavy atom. The van der Waals surface area contributed by atoms with Gasteiger partial charge in [-0.3, -0.25) is 14.2 Å². The highest BCUT2D eigenvalue weighted by Crippen LogP contribution is 2.38. The molecule has 2 aromatic heterocycles. The van der Waals surface area contributed by atoms with Crippen LogP contribution in [-0.2, 0) is 6.54 Å². The zero-order chi connectivity index (χ0) is 13.9. The molecule has 1 saturated carbocycles. The Morgan fingerprint density at radius 2 is 2.35 bits per heavy atom. The minimum absolute atomic E-state index is 0.0488. The number of hydrogen-bond acceptors (Lipinski definition) is 4. The summed E-state index contributed by atoms with van der Waals surface area (Å²) in [6.45, 7) is 0.856. The Bertz CT molecular complexity index is 659. The summed E-state index contributed by atoms with van der Waals surface area (Å²) in [5, 5.41) is 4.66. The van der Waals surface area contributed by atoms with Crippen LogP contribution in [0.15, 0.2) is 34.7 Å². The third-order valence-corrected chi connectivity index (χ3v) is 4.15. The Hall–Kier alpha value is -1.95. The van der Waals surface area contributed by atoms with Gasteiger partial charge in [0.1, 0.15) is 0 Å². The first-order chi connectivity index (χ1) is 9.74. The highest BCUT2D eigenvalue weighted by Gasteiger charge is 2.25. The van der Waals surface area contributed by atoms with Crippen LogP contribution < -0.4 is 10.9 Å². The molecule has 0 atom stereocenters. The molecular formula is C14H15N3O2S. The van der Waals surface area contributed by atoms with Gasteiger partial charge < -0.3 is 5.32 Å². The summed E-state index contributed by atoms with van der Waals surface area (Å²) in [6.07, 6.45) is 3.84. The van der Waals surface area contributed by atoms with Crippen molar-refractivity contribution in [2.75, 3.05) is 6.54 Å². The summed E-state index contributed by atoms with van der Waals surface area (Å²) in [5.41, 5.74) is 0.848. The summed E-state index contributed by atoms with van der Waals surface area (Å²) in [4.78, 5) is 28.6. The van der Waals surface area contributed by atoms with E-state index in [2.05, 4.69) is 10.3 Å². The zero-order valence-electron chi connectivity index (χ0n) is 10.9. The van der Waals surface area contributed by atoms with Crippen molar-refractivity contribution in [1.29, 1.82) is 0 Å². The van der Waals surface area contributed by atoms with Crippen molar-refractivity contribution in [2.45, 2.75) is 25.3 Å². The van der Waals surface area contributed by atoms with Gasteiger partial charge in [0.25, 0.3) is 11.5 Å². The van der Waals surface area contributed by atoms with Crippen molar-refractivity contribution in [3.8, 4) is 0 Å². The molecule has 1 aliphatic rings. The molecular weight excluding hydrogens is 274 g/mol. The maximum atomic E-state index is 11.9. The third kappa shape index (κ3) is 2.96. The lowest BCUT2D eigenvalue weighted by Crippen LogP contribution is -2.30. The topological polar surface area (TPSA) is 64.0 Å². The van der Waals surface area contributed by atoms with Crippen molar-refractivity contribution < 1.29 is 4.79 Å². The summed E-state index contributed by atoms with van der Waals surface area (Å²) < 4.78 is 1.53. The van der Waals surface area contributed by atoms with Crippen LogP contribution in [0.25, 0.3) is 0 Å². The van der Waals surface area contributed by atoms with E-state index in [0.717, 1.165) is 18.5 Å². The van der Waals surface area contributed by atoms with Gasteiger partial charge in [0.15, 0.2) is 0 Å². The SMILES string of the molecule is O=C(NCCn1cnc(C2CC2)cc1=O)c1cccs1. The number of carbonyl (C=O) groups is 1. The van der Waals surface area contributed by atoms with Gasteiger partial charge in [-0.1, -0.05) is 6.07 Å². The minimum atomic E-state index is -0.101. The molecule has 0 saturated heterocycles. The molecule has 104 valence electrons. The van der Waals surface area contributed by atoms with Crippen LogP contribution in [0.3, 0.4) is 0 Å². The second kappa shape index (κ2) is 5.58. The van der Waals surface area contributed by atoms with Crippen LogP contribution in [-0.4, -0.2) is 22.0 Å². The molecule has 1 fully saturated rings. The van der Waals surface area contributed by atoms with Gasteiger partial charge in [-0.2, -0.15) is 0 Å². The Morgan fingerprint density at radius 3 is 3.00 bits per heavy atom. The maximum Gasteiger partial charge on any atom is 0.261 e. The van der Waals surface area contributed by atoms with Crippen molar-refractivity contribution in [3.63, 3.8) is 0 Å². The first-order valence-corrected chi connectivity index (χ1v) is 7.50. The normalized spacial score (nSPS) is 14.2. The summed E-state index contributed by atoms with van der Waals surface area (Å²) >= 11 is 1.40. The predicted octanol–water partition coefficient (Wildman–Crippen LogP) is 1.61. The van der Waals surface area contributed by atoms with Crippen LogP contribution in [0.1, 0.15) is 34.1 Å². The monoisotopic (exact) mass is 289 g/mol. The second-order valence-electron chi connectivity index (χ2n) is 4.85. The first kappa shape index (κ1) is 13.1. The number of aromatic nitrogens is 2. The molecule has 5 nitrogen and oxygen atoms in total. The number of rotatable bonds is 5. The van der Waals surface area contributed by atoms with Crippen LogP contribution in [0.2, 0.25) is 0 Å². The standard InChI is InChI=1S/C14H15N3O2S/c18-13-8-11(10-3-4-10)16-9-17(13)6-5-15-14(19)12-2-1-7-20-12/h1-2,7-10H,3-6H2,(H,15,19). The molecule has 2 aromatic rings. The lowest BCUT2D eigenvalue weighted by atomic mass is 10.3.